The largest absolute Gasteiger partial charge is 0.416 e. The van der Waals surface area contributed by atoms with Crippen molar-refractivity contribution < 1.29 is 27.2 Å². The van der Waals surface area contributed by atoms with E-state index in [4.69, 9.17) is 11.6 Å². The van der Waals surface area contributed by atoms with Crippen LogP contribution in [0.15, 0.2) is 72.8 Å². The maximum absolute atomic E-state index is 13.2. The summed E-state index contributed by atoms with van der Waals surface area (Å²) in [4.78, 5) is 26.3. The fourth-order valence-electron chi connectivity index (χ4n) is 3.10. The van der Waals surface area contributed by atoms with Crippen LogP contribution >= 0.6 is 11.6 Å². The second kappa shape index (κ2) is 11.0. The van der Waals surface area contributed by atoms with E-state index < -0.39 is 29.5 Å². The average molecular weight is 494 g/mol. The molecule has 178 valence electrons. The molecule has 0 radical (unpaired) electrons. The summed E-state index contributed by atoms with van der Waals surface area (Å²) in [6.07, 6.45) is -4.33. The van der Waals surface area contributed by atoms with Gasteiger partial charge in [0.05, 0.1) is 5.56 Å². The zero-order valence-electron chi connectivity index (χ0n) is 17.7. The highest BCUT2D eigenvalue weighted by Gasteiger charge is 2.31. The molecule has 0 saturated heterocycles. The molecule has 0 fully saturated rings. The number of amides is 3. The van der Waals surface area contributed by atoms with Crippen LogP contribution in [-0.4, -0.2) is 25.0 Å². The first kappa shape index (κ1) is 25.0. The zero-order chi connectivity index (χ0) is 24.7. The van der Waals surface area contributed by atoms with Gasteiger partial charge in [-0.1, -0.05) is 23.7 Å². The molecule has 3 aromatic rings. The maximum Gasteiger partial charge on any atom is 0.416 e. The Bertz CT molecular complexity index is 1150. The van der Waals surface area contributed by atoms with Crippen LogP contribution in [0.5, 0.6) is 0 Å². The van der Waals surface area contributed by atoms with Crippen molar-refractivity contribution in [1.29, 1.82) is 0 Å². The van der Waals surface area contributed by atoms with Crippen LogP contribution in [0.4, 0.5) is 33.7 Å². The average Bonchev–Trinajstić information content (AvgIpc) is 2.79. The number of carbonyl (C=O) groups is 2. The molecule has 34 heavy (non-hydrogen) atoms. The van der Waals surface area contributed by atoms with Gasteiger partial charge in [-0.15, -0.1) is 0 Å². The number of benzene rings is 3. The highest BCUT2D eigenvalue weighted by molar-refractivity contribution is 6.30. The van der Waals surface area contributed by atoms with Gasteiger partial charge in [-0.3, -0.25) is 9.69 Å². The molecule has 0 unspecified atom stereocenters. The Morgan fingerprint density at radius 1 is 0.941 bits per heavy atom. The van der Waals surface area contributed by atoms with E-state index in [2.05, 4.69) is 10.6 Å². The number of carbonyl (C=O) groups excluding carboxylic acids is 2. The number of urea groups is 1. The highest BCUT2D eigenvalue weighted by atomic mass is 35.5. The number of nitrogens with one attached hydrogen (secondary N) is 2. The SMILES string of the molecule is O=C(NCCCN(C(=O)Nc1cccc(Cl)c1)c1cccc(C(F)(F)F)c1)c1ccc(F)cc1. The normalized spacial score (nSPS) is 11.1. The van der Waals surface area contributed by atoms with Gasteiger partial charge in [-0.05, 0) is 67.1 Å². The molecule has 0 saturated carbocycles. The van der Waals surface area contributed by atoms with Crippen molar-refractivity contribution in [2.45, 2.75) is 12.6 Å². The number of anilines is 2. The van der Waals surface area contributed by atoms with E-state index in [0.29, 0.717) is 10.7 Å². The third kappa shape index (κ3) is 6.95. The first-order valence-corrected chi connectivity index (χ1v) is 10.6. The van der Waals surface area contributed by atoms with Gasteiger partial charge in [-0.25, -0.2) is 9.18 Å². The van der Waals surface area contributed by atoms with Gasteiger partial charge in [0, 0.05) is 35.1 Å². The van der Waals surface area contributed by atoms with Crippen molar-refractivity contribution in [1.82, 2.24) is 5.32 Å². The van der Waals surface area contributed by atoms with E-state index in [0.717, 1.165) is 29.2 Å². The second-order valence-corrected chi connectivity index (χ2v) is 7.69. The van der Waals surface area contributed by atoms with Crippen LogP contribution in [0.25, 0.3) is 0 Å². The van der Waals surface area contributed by atoms with Crippen molar-refractivity contribution in [3.05, 3.63) is 94.8 Å². The number of halogens is 5. The fourth-order valence-corrected chi connectivity index (χ4v) is 3.29. The number of hydrogen-bond acceptors (Lipinski definition) is 2. The van der Waals surface area contributed by atoms with Gasteiger partial charge in [0.2, 0.25) is 0 Å². The predicted molar refractivity (Wildman–Crippen MR) is 123 cm³/mol. The summed E-state index contributed by atoms with van der Waals surface area (Å²) in [7, 11) is 0. The summed E-state index contributed by atoms with van der Waals surface area (Å²) in [5.74, 6) is -0.909. The van der Waals surface area contributed by atoms with E-state index in [1.165, 1.54) is 30.3 Å². The lowest BCUT2D eigenvalue weighted by Gasteiger charge is -2.24. The molecule has 0 aliphatic heterocycles. The Morgan fingerprint density at radius 3 is 2.32 bits per heavy atom. The lowest BCUT2D eigenvalue weighted by molar-refractivity contribution is -0.137. The highest BCUT2D eigenvalue weighted by Crippen LogP contribution is 2.32. The summed E-state index contributed by atoms with van der Waals surface area (Å²) in [5.41, 5.74) is -0.219. The van der Waals surface area contributed by atoms with Crippen LogP contribution in [0, 0.1) is 5.82 Å². The first-order chi connectivity index (χ1) is 16.1. The van der Waals surface area contributed by atoms with Crippen LogP contribution in [0.2, 0.25) is 5.02 Å². The Balaban J connectivity index is 1.71. The summed E-state index contributed by atoms with van der Waals surface area (Å²) in [5, 5.41) is 5.64. The van der Waals surface area contributed by atoms with Gasteiger partial charge >= 0.3 is 12.2 Å². The Kier molecular flexibility index (Phi) is 8.12. The van der Waals surface area contributed by atoms with Gasteiger partial charge < -0.3 is 10.6 Å². The quantitative estimate of drug-likeness (QED) is 0.297. The standard InChI is InChI=1S/C24H20ClF4N3O2/c25-18-5-2-6-20(15-18)31-23(34)32(21-7-1-4-17(14-21)24(27,28)29)13-3-12-30-22(33)16-8-10-19(26)11-9-16/h1-2,4-11,14-15H,3,12-13H2,(H,30,33)(H,31,34). The van der Waals surface area contributed by atoms with Crippen molar-refractivity contribution in [2.24, 2.45) is 0 Å². The topological polar surface area (TPSA) is 61.4 Å². The van der Waals surface area contributed by atoms with E-state index in [-0.39, 0.29) is 30.8 Å². The Morgan fingerprint density at radius 2 is 1.65 bits per heavy atom. The number of hydrogen-bond donors (Lipinski definition) is 2. The summed E-state index contributed by atoms with van der Waals surface area (Å²) < 4.78 is 52.6. The molecule has 0 spiro atoms. The predicted octanol–water partition coefficient (Wildman–Crippen LogP) is 6.36. The lowest BCUT2D eigenvalue weighted by Crippen LogP contribution is -2.37. The first-order valence-electron chi connectivity index (χ1n) is 10.2. The zero-order valence-corrected chi connectivity index (χ0v) is 18.5. The van der Waals surface area contributed by atoms with Gasteiger partial charge in [0.25, 0.3) is 5.91 Å². The van der Waals surface area contributed by atoms with E-state index >= 15 is 0 Å². The fraction of sp³-hybridized carbons (Fsp3) is 0.167. The molecule has 0 aromatic heterocycles. The molecule has 0 heterocycles. The van der Waals surface area contributed by atoms with E-state index in [1.54, 1.807) is 18.2 Å². The molecule has 3 rings (SSSR count). The molecular weight excluding hydrogens is 474 g/mol. The summed E-state index contributed by atoms with van der Waals surface area (Å²) in [6.45, 7) is 0.146. The maximum atomic E-state index is 13.2. The van der Waals surface area contributed by atoms with Crippen LogP contribution in [-0.2, 0) is 6.18 Å². The molecule has 0 bridgehead atoms. The molecule has 10 heteroatoms. The Hall–Kier alpha value is -3.59. The number of rotatable bonds is 7. The van der Waals surface area contributed by atoms with Crippen molar-refractivity contribution in [2.75, 3.05) is 23.3 Å². The van der Waals surface area contributed by atoms with Crippen molar-refractivity contribution in [3.8, 4) is 0 Å². The third-order valence-corrected chi connectivity index (χ3v) is 4.99. The minimum Gasteiger partial charge on any atom is -0.352 e. The number of nitrogens with zero attached hydrogens (tertiary/aromatic N) is 1. The smallest absolute Gasteiger partial charge is 0.352 e. The second-order valence-electron chi connectivity index (χ2n) is 7.26. The van der Waals surface area contributed by atoms with E-state index in [1.807, 2.05) is 0 Å². The van der Waals surface area contributed by atoms with Gasteiger partial charge in [-0.2, -0.15) is 13.2 Å². The molecule has 0 atom stereocenters. The lowest BCUT2D eigenvalue weighted by atomic mass is 10.1. The summed E-state index contributed by atoms with van der Waals surface area (Å²) >= 11 is 5.94. The molecule has 0 aliphatic carbocycles. The van der Waals surface area contributed by atoms with Crippen LogP contribution in [0.3, 0.4) is 0 Å². The minimum atomic E-state index is -4.58. The minimum absolute atomic E-state index is 0.0113. The van der Waals surface area contributed by atoms with E-state index in [9.17, 15) is 27.2 Å². The van der Waals surface area contributed by atoms with Crippen LogP contribution in [0.1, 0.15) is 22.3 Å². The Labute approximate surface area is 198 Å². The molecular formula is C24H20ClF4N3O2. The van der Waals surface area contributed by atoms with Crippen molar-refractivity contribution in [3.63, 3.8) is 0 Å². The van der Waals surface area contributed by atoms with Gasteiger partial charge in [0.15, 0.2) is 0 Å². The van der Waals surface area contributed by atoms with Crippen LogP contribution < -0.4 is 15.5 Å². The molecule has 5 nitrogen and oxygen atoms in total. The molecule has 3 aromatic carbocycles. The monoisotopic (exact) mass is 493 g/mol. The molecule has 2 N–H and O–H groups in total. The third-order valence-electron chi connectivity index (χ3n) is 4.76. The van der Waals surface area contributed by atoms with Crippen molar-refractivity contribution >= 4 is 34.9 Å². The molecule has 3 amide bonds. The molecule has 0 aliphatic rings. The van der Waals surface area contributed by atoms with Gasteiger partial charge in [0.1, 0.15) is 5.82 Å². The number of alkyl halides is 3. The summed E-state index contributed by atoms with van der Waals surface area (Å²) in [6, 6.07) is 15.1.